The van der Waals surface area contributed by atoms with Crippen molar-refractivity contribution in [3.63, 3.8) is 0 Å². The van der Waals surface area contributed by atoms with E-state index in [0.717, 1.165) is 23.1 Å². The van der Waals surface area contributed by atoms with Gasteiger partial charge in [0.1, 0.15) is 0 Å². The quantitative estimate of drug-likeness (QED) is 0.674. The van der Waals surface area contributed by atoms with Gasteiger partial charge in [-0.05, 0) is 58.5 Å². The van der Waals surface area contributed by atoms with Crippen molar-refractivity contribution in [3.05, 3.63) is 83.4 Å². The topological polar surface area (TPSA) is 20.3 Å². The van der Waals surface area contributed by atoms with E-state index < -0.39 is 5.41 Å². The third-order valence-electron chi connectivity index (χ3n) is 4.86. The Kier molecular flexibility index (Phi) is 6.33. The second kappa shape index (κ2) is 8.26. The summed E-state index contributed by atoms with van der Waals surface area (Å²) in [5, 5.41) is 0. The summed E-state index contributed by atoms with van der Waals surface area (Å²) in [6.45, 7) is 6.14. The summed E-state index contributed by atoms with van der Waals surface area (Å²) in [4.78, 5) is 15.7. The standard InChI is InChI=1S/C23H29NO/c1-18(2)16-22(25)23(17-19(3)24(4)5,20-12-8-6-9-13-20)21-14-10-7-11-15-21/h6-16,19H,17H2,1-5H3/t19-/m0/s1. The van der Waals surface area contributed by atoms with Crippen LogP contribution in [0.2, 0.25) is 0 Å². The third kappa shape index (κ3) is 4.26. The Bertz CT molecular complexity index is 673. The highest BCUT2D eigenvalue weighted by Crippen LogP contribution is 2.39. The Hall–Kier alpha value is -2.19. The van der Waals surface area contributed by atoms with Gasteiger partial charge in [0.05, 0.1) is 5.41 Å². The first-order valence-corrected chi connectivity index (χ1v) is 8.84. The number of ketones is 1. The fourth-order valence-electron chi connectivity index (χ4n) is 3.24. The zero-order valence-corrected chi connectivity index (χ0v) is 16.0. The molecule has 0 aliphatic heterocycles. The first kappa shape index (κ1) is 19.1. The SMILES string of the molecule is CC(C)=CC(=O)C(C[C@H](C)N(C)C)(c1ccccc1)c1ccccc1. The lowest BCUT2D eigenvalue weighted by Gasteiger charge is -2.37. The maximum atomic E-state index is 13.5. The van der Waals surface area contributed by atoms with Crippen LogP contribution in [0.5, 0.6) is 0 Å². The van der Waals surface area contributed by atoms with Crippen molar-refractivity contribution in [2.75, 3.05) is 14.1 Å². The molecule has 0 heterocycles. The smallest absolute Gasteiger partial charge is 0.170 e. The van der Waals surface area contributed by atoms with Crippen LogP contribution in [0.3, 0.4) is 0 Å². The lowest BCUT2D eigenvalue weighted by molar-refractivity contribution is -0.119. The summed E-state index contributed by atoms with van der Waals surface area (Å²) in [6, 6.07) is 20.6. The van der Waals surface area contributed by atoms with Crippen molar-refractivity contribution in [3.8, 4) is 0 Å². The van der Waals surface area contributed by atoms with Crippen LogP contribution in [0.4, 0.5) is 0 Å². The van der Waals surface area contributed by atoms with E-state index in [-0.39, 0.29) is 11.8 Å². The molecule has 0 fully saturated rings. The molecular weight excluding hydrogens is 306 g/mol. The predicted molar refractivity (Wildman–Crippen MR) is 106 cm³/mol. The second-order valence-corrected chi connectivity index (χ2v) is 7.24. The highest BCUT2D eigenvalue weighted by atomic mass is 16.1. The van der Waals surface area contributed by atoms with Gasteiger partial charge in [0, 0.05) is 6.04 Å². The molecule has 25 heavy (non-hydrogen) atoms. The maximum absolute atomic E-state index is 13.5. The molecule has 2 nitrogen and oxygen atoms in total. The van der Waals surface area contributed by atoms with Crippen LogP contribution in [0.1, 0.15) is 38.3 Å². The Morgan fingerprint density at radius 2 is 1.40 bits per heavy atom. The fourth-order valence-corrected chi connectivity index (χ4v) is 3.24. The molecule has 0 spiro atoms. The molecule has 0 aromatic heterocycles. The van der Waals surface area contributed by atoms with Gasteiger partial charge in [-0.15, -0.1) is 0 Å². The van der Waals surface area contributed by atoms with Crippen LogP contribution in [-0.4, -0.2) is 30.8 Å². The molecule has 2 aromatic carbocycles. The zero-order valence-electron chi connectivity index (χ0n) is 16.0. The molecule has 0 N–H and O–H groups in total. The molecule has 0 unspecified atom stereocenters. The van der Waals surface area contributed by atoms with Gasteiger partial charge in [-0.2, -0.15) is 0 Å². The van der Waals surface area contributed by atoms with Gasteiger partial charge in [-0.1, -0.05) is 66.2 Å². The van der Waals surface area contributed by atoms with Gasteiger partial charge < -0.3 is 4.90 Å². The molecule has 0 saturated heterocycles. The molecular formula is C23H29NO. The van der Waals surface area contributed by atoms with Crippen molar-refractivity contribution in [1.29, 1.82) is 0 Å². The van der Waals surface area contributed by atoms with Crippen LogP contribution in [-0.2, 0) is 10.2 Å². The predicted octanol–water partition coefficient (Wildman–Crippen LogP) is 4.85. The second-order valence-electron chi connectivity index (χ2n) is 7.24. The van der Waals surface area contributed by atoms with E-state index in [4.69, 9.17) is 0 Å². The van der Waals surface area contributed by atoms with E-state index in [1.54, 1.807) is 6.08 Å². The first-order valence-electron chi connectivity index (χ1n) is 8.84. The number of benzene rings is 2. The van der Waals surface area contributed by atoms with Crippen LogP contribution >= 0.6 is 0 Å². The van der Waals surface area contributed by atoms with Crippen molar-refractivity contribution in [2.45, 2.75) is 38.6 Å². The van der Waals surface area contributed by atoms with Gasteiger partial charge >= 0.3 is 0 Å². The van der Waals surface area contributed by atoms with Gasteiger partial charge in [-0.3, -0.25) is 4.79 Å². The molecule has 0 amide bonds. The van der Waals surface area contributed by atoms with Gasteiger partial charge in [0.15, 0.2) is 5.78 Å². The van der Waals surface area contributed by atoms with E-state index >= 15 is 0 Å². The summed E-state index contributed by atoms with van der Waals surface area (Å²) in [6.07, 6.45) is 2.53. The van der Waals surface area contributed by atoms with E-state index in [9.17, 15) is 4.79 Å². The lowest BCUT2D eigenvalue weighted by atomic mass is 9.67. The fraction of sp³-hybridized carbons (Fsp3) is 0.348. The van der Waals surface area contributed by atoms with Crippen molar-refractivity contribution in [1.82, 2.24) is 4.90 Å². The molecule has 2 aromatic rings. The summed E-state index contributed by atoms with van der Waals surface area (Å²) >= 11 is 0. The average Bonchev–Trinajstić information content (AvgIpc) is 2.60. The van der Waals surface area contributed by atoms with Gasteiger partial charge in [0.2, 0.25) is 0 Å². The number of carbonyl (C=O) groups is 1. The highest BCUT2D eigenvalue weighted by Gasteiger charge is 2.41. The Labute approximate surface area is 152 Å². The summed E-state index contributed by atoms with van der Waals surface area (Å²) < 4.78 is 0. The highest BCUT2D eigenvalue weighted by molar-refractivity contribution is 6.02. The molecule has 0 radical (unpaired) electrons. The number of carbonyl (C=O) groups excluding carboxylic acids is 1. The first-order chi connectivity index (χ1) is 11.9. The molecule has 0 aliphatic carbocycles. The number of rotatable bonds is 7. The maximum Gasteiger partial charge on any atom is 0.170 e. The van der Waals surface area contributed by atoms with Crippen LogP contribution in [0.25, 0.3) is 0 Å². The minimum Gasteiger partial charge on any atom is -0.307 e. The Morgan fingerprint density at radius 1 is 0.960 bits per heavy atom. The number of hydrogen-bond donors (Lipinski definition) is 0. The summed E-state index contributed by atoms with van der Waals surface area (Å²) in [7, 11) is 4.13. The van der Waals surface area contributed by atoms with Crippen molar-refractivity contribution < 1.29 is 4.79 Å². The molecule has 0 saturated carbocycles. The minimum absolute atomic E-state index is 0.151. The zero-order chi connectivity index (χ0) is 18.4. The summed E-state index contributed by atoms with van der Waals surface area (Å²) in [5.74, 6) is 0.151. The number of nitrogens with zero attached hydrogens (tertiary/aromatic N) is 1. The van der Waals surface area contributed by atoms with Crippen molar-refractivity contribution in [2.24, 2.45) is 0 Å². The largest absolute Gasteiger partial charge is 0.307 e. The molecule has 0 bridgehead atoms. The number of hydrogen-bond acceptors (Lipinski definition) is 2. The van der Waals surface area contributed by atoms with Gasteiger partial charge in [0.25, 0.3) is 0 Å². The molecule has 1 atom stereocenters. The Balaban J connectivity index is 2.73. The van der Waals surface area contributed by atoms with E-state index in [0.29, 0.717) is 0 Å². The van der Waals surface area contributed by atoms with Gasteiger partial charge in [-0.25, -0.2) is 0 Å². The normalized spacial score (nSPS) is 12.7. The van der Waals surface area contributed by atoms with Crippen molar-refractivity contribution >= 4 is 5.78 Å². The average molecular weight is 335 g/mol. The Morgan fingerprint density at radius 3 is 1.76 bits per heavy atom. The monoisotopic (exact) mass is 335 g/mol. The third-order valence-corrected chi connectivity index (χ3v) is 4.86. The van der Waals surface area contributed by atoms with E-state index in [2.05, 4.69) is 50.2 Å². The molecule has 0 aliphatic rings. The molecule has 2 rings (SSSR count). The van der Waals surface area contributed by atoms with Crippen LogP contribution in [0.15, 0.2) is 72.3 Å². The molecule has 2 heteroatoms. The molecule has 132 valence electrons. The van der Waals surface area contributed by atoms with E-state index in [1.165, 1.54) is 0 Å². The van der Waals surface area contributed by atoms with E-state index in [1.807, 2.05) is 50.2 Å². The summed E-state index contributed by atoms with van der Waals surface area (Å²) in [5.41, 5.74) is 2.46. The van der Waals surface area contributed by atoms with Crippen LogP contribution in [0, 0.1) is 0 Å². The lowest BCUT2D eigenvalue weighted by Crippen LogP contribution is -2.42. The van der Waals surface area contributed by atoms with Crippen LogP contribution < -0.4 is 0 Å². The minimum atomic E-state index is -0.677. The number of allylic oxidation sites excluding steroid dienone is 2.